The van der Waals surface area contributed by atoms with Gasteiger partial charge >= 0.3 is 5.97 Å². The normalized spacial score (nSPS) is 11.0. The average molecular weight is 235 g/mol. The van der Waals surface area contributed by atoms with E-state index in [2.05, 4.69) is 0 Å². The highest BCUT2D eigenvalue weighted by Gasteiger charge is 2.36. The Morgan fingerprint density at radius 2 is 1.76 bits per heavy atom. The summed E-state index contributed by atoms with van der Waals surface area (Å²) in [6.45, 7) is 4.74. The molecule has 1 N–H and O–H groups in total. The Bertz CT molecular complexity index is 412. The van der Waals surface area contributed by atoms with Gasteiger partial charge in [-0.05, 0) is 19.4 Å². The summed E-state index contributed by atoms with van der Waals surface area (Å²) in [4.78, 5) is 24.1. The summed E-state index contributed by atoms with van der Waals surface area (Å²) in [5.41, 5.74) is -0.293. The van der Waals surface area contributed by atoms with Crippen LogP contribution < -0.4 is 0 Å². The van der Waals surface area contributed by atoms with Gasteiger partial charge < -0.3 is 10.0 Å². The van der Waals surface area contributed by atoms with Crippen LogP contribution in [-0.2, 0) is 16.1 Å². The molecule has 4 nitrogen and oxygen atoms in total. The first-order valence-electron chi connectivity index (χ1n) is 5.41. The smallest absolute Gasteiger partial charge is 0.329 e. The minimum Gasteiger partial charge on any atom is -0.480 e. The molecule has 0 aliphatic rings. The van der Waals surface area contributed by atoms with Gasteiger partial charge in [-0.3, -0.25) is 4.79 Å². The van der Waals surface area contributed by atoms with Crippen LogP contribution in [0.1, 0.15) is 26.3 Å². The van der Waals surface area contributed by atoms with E-state index in [4.69, 9.17) is 5.11 Å². The maximum Gasteiger partial charge on any atom is 0.329 e. The third kappa shape index (κ3) is 3.06. The first-order valence-corrected chi connectivity index (χ1v) is 5.41. The fourth-order valence-electron chi connectivity index (χ4n) is 1.58. The molecule has 0 aliphatic carbocycles. The first-order chi connectivity index (χ1) is 7.85. The van der Waals surface area contributed by atoms with Crippen LogP contribution in [0.25, 0.3) is 0 Å². The number of hydrogen-bond donors (Lipinski definition) is 1. The lowest BCUT2D eigenvalue weighted by molar-refractivity contribution is -0.156. The van der Waals surface area contributed by atoms with Gasteiger partial charge in [-0.1, -0.05) is 30.3 Å². The second-order valence-electron chi connectivity index (χ2n) is 4.45. The summed E-state index contributed by atoms with van der Waals surface area (Å²) >= 11 is 0. The Morgan fingerprint density at radius 1 is 1.24 bits per heavy atom. The molecule has 4 heteroatoms. The highest BCUT2D eigenvalue weighted by atomic mass is 16.4. The number of hydrogen-bond acceptors (Lipinski definition) is 2. The lowest BCUT2D eigenvalue weighted by atomic mass is 10.0. The number of carboxylic acids is 1. The van der Waals surface area contributed by atoms with Gasteiger partial charge in [-0.15, -0.1) is 0 Å². The minimum atomic E-state index is -1.21. The number of benzene rings is 1. The van der Waals surface area contributed by atoms with Gasteiger partial charge in [0.2, 0.25) is 5.91 Å². The van der Waals surface area contributed by atoms with E-state index in [0.29, 0.717) is 6.54 Å². The molecule has 0 heterocycles. The molecule has 0 unspecified atom stereocenters. The highest BCUT2D eigenvalue weighted by molar-refractivity contribution is 5.85. The molecule has 1 aromatic rings. The number of carboxylic acid groups (broad SMARTS) is 1. The molecule has 1 aromatic carbocycles. The number of amides is 1. The number of aliphatic carboxylic acids is 1. The lowest BCUT2D eigenvalue weighted by Crippen LogP contribution is -2.51. The molecular weight excluding hydrogens is 218 g/mol. The van der Waals surface area contributed by atoms with Crippen LogP contribution in [0.4, 0.5) is 0 Å². The molecule has 0 aliphatic heterocycles. The van der Waals surface area contributed by atoms with Crippen molar-refractivity contribution in [1.29, 1.82) is 0 Å². The standard InChI is InChI=1S/C13H17NO3/c1-10(15)14(13(2,3)12(16)17)9-11-7-5-4-6-8-11/h4-8H,9H2,1-3H3,(H,16,17). The molecule has 92 valence electrons. The molecular formula is C13H17NO3. The van der Waals surface area contributed by atoms with Crippen molar-refractivity contribution >= 4 is 11.9 Å². The largest absolute Gasteiger partial charge is 0.480 e. The monoisotopic (exact) mass is 235 g/mol. The average Bonchev–Trinajstić information content (AvgIpc) is 2.26. The molecule has 0 spiro atoms. The minimum absolute atomic E-state index is 0.249. The molecule has 0 aromatic heterocycles. The molecule has 0 fully saturated rings. The third-order valence-electron chi connectivity index (χ3n) is 2.76. The lowest BCUT2D eigenvalue weighted by Gasteiger charge is -2.34. The molecule has 0 saturated carbocycles. The van der Waals surface area contributed by atoms with Gasteiger partial charge in [0.15, 0.2) is 0 Å². The molecule has 17 heavy (non-hydrogen) atoms. The third-order valence-corrected chi connectivity index (χ3v) is 2.76. The highest BCUT2D eigenvalue weighted by Crippen LogP contribution is 2.18. The summed E-state index contributed by atoms with van der Waals surface area (Å²) in [5, 5.41) is 9.14. The van der Waals surface area contributed by atoms with Crippen LogP contribution in [0.15, 0.2) is 30.3 Å². The van der Waals surface area contributed by atoms with E-state index in [1.165, 1.54) is 25.7 Å². The molecule has 0 atom stereocenters. The second kappa shape index (κ2) is 4.99. The molecule has 0 saturated heterocycles. The van der Waals surface area contributed by atoms with Gasteiger partial charge in [-0.2, -0.15) is 0 Å². The number of rotatable bonds is 4. The predicted molar refractivity (Wildman–Crippen MR) is 64.4 cm³/mol. The van der Waals surface area contributed by atoms with Crippen molar-refractivity contribution in [2.24, 2.45) is 0 Å². The van der Waals surface area contributed by atoms with E-state index >= 15 is 0 Å². The van der Waals surface area contributed by atoms with Crippen molar-refractivity contribution in [2.75, 3.05) is 0 Å². The zero-order chi connectivity index (χ0) is 13.1. The second-order valence-corrected chi connectivity index (χ2v) is 4.45. The van der Waals surface area contributed by atoms with E-state index in [0.717, 1.165) is 5.56 Å². The quantitative estimate of drug-likeness (QED) is 0.867. The van der Waals surface area contributed by atoms with Crippen LogP contribution in [0.5, 0.6) is 0 Å². The Labute approximate surface area is 101 Å². The Kier molecular flexibility index (Phi) is 3.89. The topological polar surface area (TPSA) is 57.6 Å². The van der Waals surface area contributed by atoms with Gasteiger partial charge in [0, 0.05) is 13.5 Å². The summed E-state index contributed by atoms with van der Waals surface area (Å²) in [5.74, 6) is -1.26. The Hall–Kier alpha value is -1.84. The van der Waals surface area contributed by atoms with Gasteiger partial charge in [-0.25, -0.2) is 4.79 Å². The number of carbonyl (C=O) groups excluding carboxylic acids is 1. The van der Waals surface area contributed by atoms with E-state index in [9.17, 15) is 9.59 Å². The van der Waals surface area contributed by atoms with Crippen LogP contribution in [0.2, 0.25) is 0 Å². The van der Waals surface area contributed by atoms with Crippen LogP contribution in [0.3, 0.4) is 0 Å². The number of carbonyl (C=O) groups is 2. The molecule has 0 radical (unpaired) electrons. The van der Waals surface area contributed by atoms with Crippen molar-refractivity contribution in [3.63, 3.8) is 0 Å². The summed E-state index contributed by atoms with van der Waals surface area (Å²) < 4.78 is 0. The number of nitrogens with zero attached hydrogens (tertiary/aromatic N) is 1. The van der Waals surface area contributed by atoms with Gasteiger partial charge in [0.1, 0.15) is 5.54 Å². The maximum absolute atomic E-state index is 11.6. The summed E-state index contributed by atoms with van der Waals surface area (Å²) in [7, 11) is 0. The molecule has 1 amide bonds. The Morgan fingerprint density at radius 3 is 2.18 bits per heavy atom. The maximum atomic E-state index is 11.6. The van der Waals surface area contributed by atoms with Crippen LogP contribution >= 0.6 is 0 Å². The SMILES string of the molecule is CC(=O)N(Cc1ccccc1)C(C)(C)C(=O)O. The van der Waals surface area contributed by atoms with Crippen LogP contribution in [0, 0.1) is 0 Å². The van der Waals surface area contributed by atoms with Crippen molar-refractivity contribution < 1.29 is 14.7 Å². The van der Waals surface area contributed by atoms with E-state index in [1.807, 2.05) is 30.3 Å². The predicted octanol–water partition coefficient (Wildman–Crippen LogP) is 1.90. The van der Waals surface area contributed by atoms with E-state index < -0.39 is 11.5 Å². The molecule has 0 bridgehead atoms. The van der Waals surface area contributed by atoms with E-state index in [-0.39, 0.29) is 5.91 Å². The summed E-state index contributed by atoms with van der Waals surface area (Å²) in [6.07, 6.45) is 0. The Balaban J connectivity index is 2.96. The zero-order valence-electron chi connectivity index (χ0n) is 10.3. The van der Waals surface area contributed by atoms with Gasteiger partial charge in [0.25, 0.3) is 0 Å². The van der Waals surface area contributed by atoms with Crippen molar-refractivity contribution in [3.8, 4) is 0 Å². The fourth-order valence-corrected chi connectivity index (χ4v) is 1.58. The summed E-state index contributed by atoms with van der Waals surface area (Å²) in [6, 6.07) is 9.34. The van der Waals surface area contributed by atoms with Crippen LogP contribution in [-0.4, -0.2) is 27.4 Å². The van der Waals surface area contributed by atoms with Crippen molar-refractivity contribution in [2.45, 2.75) is 32.9 Å². The zero-order valence-corrected chi connectivity index (χ0v) is 10.3. The van der Waals surface area contributed by atoms with Crippen molar-refractivity contribution in [1.82, 2.24) is 4.90 Å². The first kappa shape index (κ1) is 13.2. The van der Waals surface area contributed by atoms with E-state index in [1.54, 1.807) is 0 Å². The fraction of sp³-hybridized carbons (Fsp3) is 0.385. The van der Waals surface area contributed by atoms with Gasteiger partial charge in [0.05, 0.1) is 0 Å². The molecule has 1 rings (SSSR count). The van der Waals surface area contributed by atoms with Crippen molar-refractivity contribution in [3.05, 3.63) is 35.9 Å².